The van der Waals surface area contributed by atoms with E-state index < -0.39 is 0 Å². The molecule has 0 saturated carbocycles. The summed E-state index contributed by atoms with van der Waals surface area (Å²) in [6, 6.07) is 8.82. The second-order valence-corrected chi connectivity index (χ2v) is 7.06. The van der Waals surface area contributed by atoms with E-state index in [1.165, 1.54) is 11.1 Å². The first-order chi connectivity index (χ1) is 10.8. The van der Waals surface area contributed by atoms with Gasteiger partial charge in [-0.3, -0.25) is 4.90 Å². The Hall–Kier alpha value is -0.880. The SMILES string of the molecule is CCOc1ccc(Br)cc1C(c1ccsc1)N1CCNCC1. The maximum atomic E-state index is 5.90. The average molecular weight is 381 g/mol. The number of nitrogens with one attached hydrogen (secondary N) is 1. The van der Waals surface area contributed by atoms with Crippen LogP contribution in [0.15, 0.2) is 39.5 Å². The summed E-state index contributed by atoms with van der Waals surface area (Å²) in [5.41, 5.74) is 2.60. The van der Waals surface area contributed by atoms with E-state index in [0.29, 0.717) is 6.61 Å². The minimum Gasteiger partial charge on any atom is -0.494 e. The Kier molecular flexibility index (Phi) is 5.52. The van der Waals surface area contributed by atoms with Crippen molar-refractivity contribution < 1.29 is 4.74 Å². The minimum absolute atomic E-state index is 0.257. The first-order valence-corrected chi connectivity index (χ1v) is 9.42. The number of benzene rings is 1. The van der Waals surface area contributed by atoms with Crippen molar-refractivity contribution >= 4 is 27.3 Å². The summed E-state index contributed by atoms with van der Waals surface area (Å²) in [5.74, 6) is 0.987. The third-order valence-corrected chi connectivity index (χ3v) is 5.14. The molecule has 0 spiro atoms. The van der Waals surface area contributed by atoms with E-state index in [9.17, 15) is 0 Å². The molecule has 0 aliphatic carbocycles. The molecule has 1 saturated heterocycles. The van der Waals surface area contributed by atoms with Crippen LogP contribution in [0.3, 0.4) is 0 Å². The summed E-state index contributed by atoms with van der Waals surface area (Å²) in [6.45, 7) is 6.91. The number of thiophene rings is 1. The van der Waals surface area contributed by atoms with Crippen LogP contribution in [0.1, 0.15) is 24.1 Å². The Labute approximate surface area is 144 Å². The van der Waals surface area contributed by atoms with Crippen molar-refractivity contribution in [3.8, 4) is 5.75 Å². The molecule has 5 heteroatoms. The molecule has 118 valence electrons. The molecule has 1 aromatic carbocycles. The number of ether oxygens (including phenoxy) is 1. The number of rotatable bonds is 5. The lowest BCUT2D eigenvalue weighted by molar-refractivity contribution is 0.194. The van der Waals surface area contributed by atoms with E-state index in [0.717, 1.165) is 36.4 Å². The third-order valence-electron chi connectivity index (χ3n) is 3.94. The van der Waals surface area contributed by atoms with Crippen LogP contribution >= 0.6 is 27.3 Å². The second-order valence-electron chi connectivity index (χ2n) is 5.36. The lowest BCUT2D eigenvalue weighted by atomic mass is 9.98. The van der Waals surface area contributed by atoms with E-state index in [2.05, 4.69) is 61.2 Å². The number of hydrogen-bond donors (Lipinski definition) is 1. The molecule has 3 rings (SSSR count). The molecular formula is C17H21BrN2OS. The Bertz CT molecular complexity index is 597. The minimum atomic E-state index is 0.257. The van der Waals surface area contributed by atoms with Gasteiger partial charge >= 0.3 is 0 Å². The number of hydrogen-bond acceptors (Lipinski definition) is 4. The van der Waals surface area contributed by atoms with Gasteiger partial charge in [0.15, 0.2) is 0 Å². The van der Waals surface area contributed by atoms with Crippen molar-refractivity contribution in [3.05, 3.63) is 50.6 Å². The molecule has 3 nitrogen and oxygen atoms in total. The molecule has 22 heavy (non-hydrogen) atoms. The second kappa shape index (κ2) is 7.59. The molecule has 2 aromatic rings. The van der Waals surface area contributed by atoms with Gasteiger partial charge in [0, 0.05) is 36.2 Å². The average Bonchev–Trinajstić information content (AvgIpc) is 3.05. The molecule has 1 aliphatic rings. The van der Waals surface area contributed by atoms with Crippen molar-refractivity contribution in [2.45, 2.75) is 13.0 Å². The highest BCUT2D eigenvalue weighted by Gasteiger charge is 2.27. The first-order valence-electron chi connectivity index (χ1n) is 7.68. The molecule has 2 heterocycles. The highest BCUT2D eigenvalue weighted by molar-refractivity contribution is 9.10. The normalized spacial score (nSPS) is 17.4. The zero-order valence-corrected chi connectivity index (χ0v) is 15.1. The van der Waals surface area contributed by atoms with Gasteiger partial charge in [-0.1, -0.05) is 15.9 Å². The molecule has 1 aromatic heterocycles. The lowest BCUT2D eigenvalue weighted by Gasteiger charge is -2.35. The fourth-order valence-corrected chi connectivity index (χ4v) is 4.04. The van der Waals surface area contributed by atoms with Crippen LogP contribution in [-0.4, -0.2) is 37.7 Å². The van der Waals surface area contributed by atoms with Crippen LogP contribution in [0.4, 0.5) is 0 Å². The molecule has 1 unspecified atom stereocenters. The fraction of sp³-hybridized carbons (Fsp3) is 0.412. The third kappa shape index (κ3) is 3.54. The maximum Gasteiger partial charge on any atom is 0.124 e. The van der Waals surface area contributed by atoms with Crippen LogP contribution in [0.2, 0.25) is 0 Å². The van der Waals surface area contributed by atoms with Gasteiger partial charge < -0.3 is 10.1 Å². The van der Waals surface area contributed by atoms with E-state index in [-0.39, 0.29) is 6.04 Å². The van der Waals surface area contributed by atoms with Crippen LogP contribution in [0.25, 0.3) is 0 Å². The monoisotopic (exact) mass is 380 g/mol. The largest absolute Gasteiger partial charge is 0.494 e. The highest BCUT2D eigenvalue weighted by atomic mass is 79.9. The van der Waals surface area contributed by atoms with Crippen molar-refractivity contribution in [2.24, 2.45) is 0 Å². The molecule has 1 N–H and O–H groups in total. The smallest absolute Gasteiger partial charge is 0.124 e. The van der Waals surface area contributed by atoms with Crippen LogP contribution < -0.4 is 10.1 Å². The zero-order valence-electron chi connectivity index (χ0n) is 12.7. The number of piperazine rings is 1. The summed E-state index contributed by atoms with van der Waals surface area (Å²) in [7, 11) is 0. The van der Waals surface area contributed by atoms with Gasteiger partial charge in [-0.05, 0) is 47.5 Å². The Morgan fingerprint density at radius 2 is 2.14 bits per heavy atom. The molecule has 1 aliphatic heterocycles. The van der Waals surface area contributed by atoms with Crippen molar-refractivity contribution in [3.63, 3.8) is 0 Å². The van der Waals surface area contributed by atoms with Crippen molar-refractivity contribution in [1.82, 2.24) is 10.2 Å². The topological polar surface area (TPSA) is 24.5 Å². The lowest BCUT2D eigenvalue weighted by Crippen LogP contribution is -2.45. The van der Waals surface area contributed by atoms with E-state index in [1.807, 2.05) is 6.92 Å². The summed E-state index contributed by atoms with van der Waals surface area (Å²) in [4.78, 5) is 2.54. The van der Waals surface area contributed by atoms with Crippen LogP contribution in [0.5, 0.6) is 5.75 Å². The highest BCUT2D eigenvalue weighted by Crippen LogP contribution is 2.37. The van der Waals surface area contributed by atoms with E-state index in [4.69, 9.17) is 4.74 Å². The van der Waals surface area contributed by atoms with Gasteiger partial charge in [0.25, 0.3) is 0 Å². The number of nitrogens with zero attached hydrogens (tertiary/aromatic N) is 1. The Morgan fingerprint density at radius 1 is 1.32 bits per heavy atom. The van der Waals surface area contributed by atoms with Gasteiger partial charge in [0.05, 0.1) is 12.6 Å². The quantitative estimate of drug-likeness (QED) is 0.850. The summed E-state index contributed by atoms with van der Waals surface area (Å²) in [6.07, 6.45) is 0. The Balaban J connectivity index is 2.03. The zero-order chi connectivity index (χ0) is 15.4. The molecule has 1 atom stereocenters. The molecule has 1 fully saturated rings. The predicted octanol–water partition coefficient (Wildman–Crippen LogP) is 3.90. The molecule has 0 bridgehead atoms. The summed E-state index contributed by atoms with van der Waals surface area (Å²) in [5, 5.41) is 7.85. The van der Waals surface area contributed by atoms with E-state index in [1.54, 1.807) is 11.3 Å². The molecular weight excluding hydrogens is 360 g/mol. The van der Waals surface area contributed by atoms with Crippen molar-refractivity contribution in [2.75, 3.05) is 32.8 Å². The summed E-state index contributed by atoms with van der Waals surface area (Å²) < 4.78 is 7.00. The molecule has 0 amide bonds. The van der Waals surface area contributed by atoms with Gasteiger partial charge in [-0.2, -0.15) is 11.3 Å². The van der Waals surface area contributed by atoms with Gasteiger partial charge in [-0.25, -0.2) is 0 Å². The summed E-state index contributed by atoms with van der Waals surface area (Å²) >= 11 is 5.37. The predicted molar refractivity (Wildman–Crippen MR) is 95.9 cm³/mol. The molecule has 0 radical (unpaired) electrons. The van der Waals surface area contributed by atoms with Gasteiger partial charge in [0.2, 0.25) is 0 Å². The Morgan fingerprint density at radius 3 is 2.82 bits per heavy atom. The standard InChI is InChI=1S/C17H21BrN2OS/c1-2-21-16-4-3-14(18)11-15(16)17(13-5-10-22-12-13)20-8-6-19-7-9-20/h3-5,10-12,17,19H,2,6-9H2,1H3. The van der Waals surface area contributed by atoms with Crippen LogP contribution in [-0.2, 0) is 0 Å². The van der Waals surface area contributed by atoms with Crippen molar-refractivity contribution in [1.29, 1.82) is 0 Å². The fourth-order valence-electron chi connectivity index (χ4n) is 2.98. The van der Waals surface area contributed by atoms with E-state index >= 15 is 0 Å². The van der Waals surface area contributed by atoms with Gasteiger partial charge in [0.1, 0.15) is 5.75 Å². The van der Waals surface area contributed by atoms with Crippen LogP contribution in [0, 0.1) is 0 Å². The first kappa shape index (κ1) is 16.0. The number of halogens is 1. The van der Waals surface area contributed by atoms with Gasteiger partial charge in [-0.15, -0.1) is 0 Å². The maximum absolute atomic E-state index is 5.90.